The Hall–Kier alpha value is -0.240. The second-order valence-electron chi connectivity index (χ2n) is 2.95. The Kier molecular flexibility index (Phi) is 4.24. The third-order valence-electron chi connectivity index (χ3n) is 1.88. The summed E-state index contributed by atoms with van der Waals surface area (Å²) in [5.74, 6) is 0.212. The quantitative estimate of drug-likeness (QED) is 0.744. The predicted octanol–water partition coefficient (Wildman–Crippen LogP) is 3.95. The Bertz CT molecular complexity index is 349. The van der Waals surface area contributed by atoms with Gasteiger partial charge in [0.25, 0.3) is 0 Å². The number of halogens is 3. The normalized spacial score (nSPS) is 12.6. The molecule has 76 valence electrons. The van der Waals surface area contributed by atoms with Gasteiger partial charge in [0, 0.05) is 10.9 Å². The Morgan fingerprint density at radius 2 is 2.14 bits per heavy atom. The van der Waals surface area contributed by atoms with Gasteiger partial charge in [-0.25, -0.2) is 0 Å². The summed E-state index contributed by atoms with van der Waals surface area (Å²) in [6.45, 7) is 1.44. The van der Waals surface area contributed by atoms with E-state index in [0.29, 0.717) is 16.5 Å². The van der Waals surface area contributed by atoms with Crippen LogP contribution < -0.4 is 0 Å². The first-order valence-electron chi connectivity index (χ1n) is 4.05. The number of hydrogen-bond donors (Lipinski definition) is 0. The summed E-state index contributed by atoms with van der Waals surface area (Å²) in [5, 5.41) is -0.108. The third-order valence-corrected chi connectivity index (χ3v) is 2.95. The van der Waals surface area contributed by atoms with Crippen LogP contribution >= 0.6 is 34.8 Å². The number of benzene rings is 1. The van der Waals surface area contributed by atoms with Crippen LogP contribution in [0.2, 0.25) is 5.02 Å². The summed E-state index contributed by atoms with van der Waals surface area (Å²) in [5.41, 5.74) is 1.54. The van der Waals surface area contributed by atoms with Crippen molar-refractivity contribution in [2.24, 2.45) is 0 Å². The van der Waals surface area contributed by atoms with E-state index in [0.717, 1.165) is 5.56 Å². The van der Waals surface area contributed by atoms with Crippen molar-refractivity contribution in [2.75, 3.05) is 0 Å². The molecule has 1 nitrogen and oxygen atoms in total. The van der Waals surface area contributed by atoms with Crippen molar-refractivity contribution in [3.63, 3.8) is 0 Å². The van der Waals surface area contributed by atoms with Crippen molar-refractivity contribution in [1.29, 1.82) is 0 Å². The van der Waals surface area contributed by atoms with E-state index in [2.05, 4.69) is 0 Å². The number of rotatable bonds is 3. The summed E-state index contributed by atoms with van der Waals surface area (Å²) in [4.78, 5) is 11.1. The van der Waals surface area contributed by atoms with Crippen LogP contribution in [-0.4, -0.2) is 5.78 Å². The van der Waals surface area contributed by atoms with E-state index in [1.807, 2.05) is 0 Å². The Morgan fingerprint density at radius 1 is 1.50 bits per heavy atom. The molecule has 0 bridgehead atoms. The van der Waals surface area contributed by atoms with Gasteiger partial charge in [-0.05, 0) is 30.2 Å². The van der Waals surface area contributed by atoms with E-state index in [1.165, 1.54) is 6.92 Å². The molecular weight excluding hydrogens is 242 g/mol. The molecule has 0 aliphatic carbocycles. The largest absolute Gasteiger partial charge is 0.298 e. The number of carbonyl (C=O) groups excluding carboxylic acids is 1. The lowest BCUT2D eigenvalue weighted by Crippen LogP contribution is -2.04. The van der Waals surface area contributed by atoms with Crippen LogP contribution in [0.4, 0.5) is 0 Å². The summed E-state index contributed by atoms with van der Waals surface area (Å²) >= 11 is 17.5. The third kappa shape index (κ3) is 2.63. The lowest BCUT2D eigenvalue weighted by atomic mass is 10.0. The molecule has 0 radical (unpaired) electrons. The highest BCUT2D eigenvalue weighted by Gasteiger charge is 2.16. The average Bonchev–Trinajstić information content (AvgIpc) is 2.16. The maximum Gasteiger partial charge on any atom is 0.152 e. The van der Waals surface area contributed by atoms with Crippen molar-refractivity contribution in [2.45, 2.75) is 18.2 Å². The van der Waals surface area contributed by atoms with Crippen molar-refractivity contribution in [3.8, 4) is 0 Å². The van der Waals surface area contributed by atoms with Crippen LogP contribution in [-0.2, 0) is 10.7 Å². The van der Waals surface area contributed by atoms with E-state index in [9.17, 15) is 4.79 Å². The topological polar surface area (TPSA) is 17.1 Å². The second kappa shape index (κ2) is 5.01. The Morgan fingerprint density at radius 3 is 2.64 bits per heavy atom. The molecule has 0 fully saturated rings. The number of Topliss-reactive ketones (excluding diaryl/α,β-unsaturated/α-hetero) is 1. The van der Waals surface area contributed by atoms with Gasteiger partial charge in [-0.1, -0.05) is 17.7 Å². The van der Waals surface area contributed by atoms with Crippen molar-refractivity contribution in [1.82, 2.24) is 0 Å². The standard InChI is InChI=1S/C10H9Cl3O/c1-6(14)10(13)9-4-8(12)3-2-7(9)5-11/h2-4,10H,5H2,1H3. The first-order valence-corrected chi connectivity index (χ1v) is 5.40. The highest BCUT2D eigenvalue weighted by molar-refractivity contribution is 6.32. The minimum atomic E-state index is -0.664. The number of ketones is 1. The van der Waals surface area contributed by atoms with Gasteiger partial charge in [0.15, 0.2) is 5.78 Å². The average molecular weight is 252 g/mol. The number of carbonyl (C=O) groups is 1. The van der Waals surface area contributed by atoms with Gasteiger partial charge in [0.1, 0.15) is 5.38 Å². The molecule has 0 aromatic heterocycles. The maximum absolute atomic E-state index is 11.1. The van der Waals surface area contributed by atoms with Crippen LogP contribution in [0.3, 0.4) is 0 Å². The van der Waals surface area contributed by atoms with Crippen molar-refractivity contribution >= 4 is 40.6 Å². The predicted molar refractivity (Wildman–Crippen MR) is 60.3 cm³/mol. The van der Waals surface area contributed by atoms with E-state index in [4.69, 9.17) is 34.8 Å². The molecule has 0 aliphatic rings. The maximum atomic E-state index is 11.1. The molecule has 1 aromatic carbocycles. The molecular formula is C10H9Cl3O. The van der Waals surface area contributed by atoms with Gasteiger partial charge < -0.3 is 0 Å². The molecule has 1 rings (SSSR count). The van der Waals surface area contributed by atoms with E-state index >= 15 is 0 Å². The molecule has 1 atom stereocenters. The van der Waals surface area contributed by atoms with Gasteiger partial charge in [-0.3, -0.25) is 4.79 Å². The molecule has 0 amide bonds. The summed E-state index contributed by atoms with van der Waals surface area (Å²) in [7, 11) is 0. The molecule has 0 aliphatic heterocycles. The lowest BCUT2D eigenvalue weighted by molar-refractivity contribution is -0.116. The van der Waals surface area contributed by atoms with Crippen LogP contribution in [0.1, 0.15) is 23.4 Å². The zero-order valence-corrected chi connectivity index (χ0v) is 9.83. The molecule has 0 N–H and O–H groups in total. The number of alkyl halides is 2. The molecule has 0 saturated carbocycles. The lowest BCUT2D eigenvalue weighted by Gasteiger charge is -2.10. The highest BCUT2D eigenvalue weighted by atomic mass is 35.5. The summed E-state index contributed by atoms with van der Waals surface area (Å²) in [6.07, 6.45) is 0. The van der Waals surface area contributed by atoms with E-state index < -0.39 is 5.38 Å². The van der Waals surface area contributed by atoms with Crippen LogP contribution in [0.5, 0.6) is 0 Å². The molecule has 14 heavy (non-hydrogen) atoms. The second-order valence-corrected chi connectivity index (χ2v) is 4.09. The molecule has 1 aromatic rings. The van der Waals surface area contributed by atoms with Gasteiger partial charge in [0.2, 0.25) is 0 Å². The Balaban J connectivity index is 3.16. The smallest absolute Gasteiger partial charge is 0.152 e. The van der Waals surface area contributed by atoms with Gasteiger partial charge >= 0.3 is 0 Å². The molecule has 0 saturated heterocycles. The molecule has 4 heteroatoms. The molecule has 0 spiro atoms. The van der Waals surface area contributed by atoms with E-state index in [1.54, 1.807) is 18.2 Å². The van der Waals surface area contributed by atoms with Crippen LogP contribution in [0, 0.1) is 0 Å². The molecule has 0 heterocycles. The Labute approximate surface area is 98.0 Å². The summed E-state index contributed by atoms with van der Waals surface area (Å²) in [6, 6.07) is 5.19. The van der Waals surface area contributed by atoms with Crippen LogP contribution in [0.15, 0.2) is 18.2 Å². The molecule has 1 unspecified atom stereocenters. The van der Waals surface area contributed by atoms with E-state index in [-0.39, 0.29) is 5.78 Å². The van der Waals surface area contributed by atoms with Crippen LogP contribution in [0.25, 0.3) is 0 Å². The zero-order chi connectivity index (χ0) is 10.7. The monoisotopic (exact) mass is 250 g/mol. The van der Waals surface area contributed by atoms with Gasteiger partial charge in [0.05, 0.1) is 0 Å². The van der Waals surface area contributed by atoms with Crippen molar-refractivity contribution < 1.29 is 4.79 Å². The fourth-order valence-corrected chi connectivity index (χ4v) is 1.77. The fourth-order valence-electron chi connectivity index (χ4n) is 1.14. The first kappa shape index (κ1) is 11.8. The zero-order valence-electron chi connectivity index (χ0n) is 7.56. The van der Waals surface area contributed by atoms with Gasteiger partial charge in [-0.15, -0.1) is 23.2 Å². The fraction of sp³-hybridized carbons (Fsp3) is 0.300. The highest BCUT2D eigenvalue weighted by Crippen LogP contribution is 2.28. The summed E-state index contributed by atoms with van der Waals surface area (Å²) < 4.78 is 0. The van der Waals surface area contributed by atoms with Gasteiger partial charge in [-0.2, -0.15) is 0 Å². The van der Waals surface area contributed by atoms with Crippen molar-refractivity contribution in [3.05, 3.63) is 34.3 Å². The minimum Gasteiger partial charge on any atom is -0.298 e. The number of hydrogen-bond acceptors (Lipinski definition) is 1. The SMILES string of the molecule is CC(=O)C(Cl)c1cc(Cl)ccc1CCl. The first-order chi connectivity index (χ1) is 6.56. The minimum absolute atomic E-state index is 0.111.